The largest absolute Gasteiger partial charge is 0.418 e. The molecule has 6 heteroatoms. The van der Waals surface area contributed by atoms with Crippen molar-refractivity contribution in [1.29, 1.82) is 0 Å². The molecule has 0 bridgehead atoms. The summed E-state index contributed by atoms with van der Waals surface area (Å²) in [4.78, 5) is 0. The SMILES string of the molecule is Nc1ccc(Nc2ccsc2)cc1C(F)(F)F. The second kappa shape index (κ2) is 4.29. The second-order valence-corrected chi connectivity index (χ2v) is 4.22. The van der Waals surface area contributed by atoms with E-state index >= 15 is 0 Å². The number of halogens is 3. The molecule has 0 fully saturated rings. The van der Waals surface area contributed by atoms with Crippen LogP contribution in [0.4, 0.5) is 30.2 Å². The molecule has 0 aliphatic carbocycles. The molecule has 90 valence electrons. The summed E-state index contributed by atoms with van der Waals surface area (Å²) in [5.41, 5.74) is 5.33. The normalized spacial score (nSPS) is 11.5. The minimum absolute atomic E-state index is 0.270. The summed E-state index contributed by atoms with van der Waals surface area (Å²) < 4.78 is 37.8. The highest BCUT2D eigenvalue weighted by atomic mass is 32.1. The van der Waals surface area contributed by atoms with Crippen molar-refractivity contribution in [1.82, 2.24) is 0 Å². The van der Waals surface area contributed by atoms with Gasteiger partial charge in [0.15, 0.2) is 0 Å². The lowest BCUT2D eigenvalue weighted by molar-refractivity contribution is -0.136. The number of hydrogen-bond acceptors (Lipinski definition) is 3. The zero-order valence-electron chi connectivity index (χ0n) is 8.58. The first-order valence-corrected chi connectivity index (χ1v) is 5.67. The number of anilines is 3. The maximum absolute atomic E-state index is 12.6. The van der Waals surface area contributed by atoms with Crippen molar-refractivity contribution < 1.29 is 13.2 Å². The lowest BCUT2D eigenvalue weighted by atomic mass is 10.1. The Morgan fingerprint density at radius 3 is 2.47 bits per heavy atom. The van der Waals surface area contributed by atoms with E-state index in [1.807, 2.05) is 10.8 Å². The highest BCUT2D eigenvalue weighted by Crippen LogP contribution is 2.35. The topological polar surface area (TPSA) is 38.0 Å². The van der Waals surface area contributed by atoms with Gasteiger partial charge in [0.1, 0.15) is 0 Å². The lowest BCUT2D eigenvalue weighted by Gasteiger charge is -2.12. The predicted molar refractivity (Wildman–Crippen MR) is 63.5 cm³/mol. The van der Waals surface area contributed by atoms with Crippen LogP contribution < -0.4 is 11.1 Å². The minimum atomic E-state index is -4.43. The van der Waals surface area contributed by atoms with Crippen molar-refractivity contribution >= 4 is 28.4 Å². The van der Waals surface area contributed by atoms with Crippen LogP contribution in [0.5, 0.6) is 0 Å². The summed E-state index contributed by atoms with van der Waals surface area (Å²) in [5.74, 6) is 0. The van der Waals surface area contributed by atoms with Crippen molar-refractivity contribution in [3.8, 4) is 0 Å². The van der Waals surface area contributed by atoms with Crippen LogP contribution in [-0.2, 0) is 6.18 Å². The van der Waals surface area contributed by atoms with Crippen LogP contribution in [0.15, 0.2) is 35.0 Å². The van der Waals surface area contributed by atoms with Gasteiger partial charge in [-0.2, -0.15) is 24.5 Å². The van der Waals surface area contributed by atoms with Crippen molar-refractivity contribution in [2.45, 2.75) is 6.18 Å². The maximum atomic E-state index is 12.6. The summed E-state index contributed by atoms with van der Waals surface area (Å²) in [6.07, 6.45) is -4.43. The molecule has 17 heavy (non-hydrogen) atoms. The van der Waals surface area contributed by atoms with Gasteiger partial charge >= 0.3 is 6.18 Å². The van der Waals surface area contributed by atoms with E-state index in [4.69, 9.17) is 5.73 Å². The fraction of sp³-hybridized carbons (Fsp3) is 0.0909. The fourth-order valence-corrected chi connectivity index (χ4v) is 1.97. The average Bonchev–Trinajstić information content (AvgIpc) is 2.72. The van der Waals surface area contributed by atoms with Gasteiger partial charge in [-0.25, -0.2) is 0 Å². The highest BCUT2D eigenvalue weighted by molar-refractivity contribution is 7.08. The number of rotatable bonds is 2. The van der Waals surface area contributed by atoms with Crippen molar-refractivity contribution in [3.63, 3.8) is 0 Å². The molecule has 1 heterocycles. The van der Waals surface area contributed by atoms with Gasteiger partial charge in [-0.1, -0.05) is 0 Å². The molecule has 0 unspecified atom stereocenters. The van der Waals surface area contributed by atoms with Gasteiger partial charge in [0.2, 0.25) is 0 Å². The molecule has 2 rings (SSSR count). The standard InChI is InChI=1S/C11H9F3N2S/c12-11(13,14)9-5-7(1-2-10(9)15)16-8-3-4-17-6-8/h1-6,16H,15H2. The molecule has 1 aromatic carbocycles. The van der Waals surface area contributed by atoms with E-state index in [1.54, 1.807) is 6.07 Å². The molecule has 3 N–H and O–H groups in total. The van der Waals surface area contributed by atoms with E-state index in [9.17, 15) is 13.2 Å². The van der Waals surface area contributed by atoms with Gasteiger partial charge in [-0.3, -0.25) is 0 Å². The number of nitrogens with two attached hydrogens (primary N) is 1. The van der Waals surface area contributed by atoms with Crippen molar-refractivity contribution in [3.05, 3.63) is 40.6 Å². The molecule has 0 saturated heterocycles. The number of hydrogen-bond donors (Lipinski definition) is 2. The van der Waals surface area contributed by atoms with E-state index < -0.39 is 11.7 Å². The fourth-order valence-electron chi connectivity index (χ4n) is 1.38. The minimum Gasteiger partial charge on any atom is -0.398 e. The monoisotopic (exact) mass is 258 g/mol. The first-order valence-electron chi connectivity index (χ1n) is 4.73. The number of nitrogen functional groups attached to an aromatic ring is 1. The molecule has 0 spiro atoms. The molecule has 0 amide bonds. The Morgan fingerprint density at radius 1 is 1.12 bits per heavy atom. The Labute approximate surface area is 99.9 Å². The molecule has 2 nitrogen and oxygen atoms in total. The second-order valence-electron chi connectivity index (χ2n) is 3.44. The summed E-state index contributed by atoms with van der Waals surface area (Å²) in [6, 6.07) is 5.56. The molecule has 0 saturated carbocycles. The Bertz CT molecular complexity index is 506. The molecule has 2 aromatic rings. The van der Waals surface area contributed by atoms with Crippen LogP contribution in [0.3, 0.4) is 0 Å². The van der Waals surface area contributed by atoms with Gasteiger partial charge in [0.05, 0.1) is 5.56 Å². The Balaban J connectivity index is 2.31. The molecule has 0 radical (unpaired) electrons. The third-order valence-corrected chi connectivity index (χ3v) is 2.85. The highest BCUT2D eigenvalue weighted by Gasteiger charge is 2.33. The zero-order valence-corrected chi connectivity index (χ0v) is 9.40. The Kier molecular flexibility index (Phi) is 2.97. The average molecular weight is 258 g/mol. The Morgan fingerprint density at radius 2 is 1.88 bits per heavy atom. The molecular formula is C11H9F3N2S. The van der Waals surface area contributed by atoms with Crippen LogP contribution in [0, 0.1) is 0 Å². The van der Waals surface area contributed by atoms with Crippen LogP contribution in [0.2, 0.25) is 0 Å². The first-order chi connectivity index (χ1) is 7.97. The van der Waals surface area contributed by atoms with Gasteiger partial charge < -0.3 is 11.1 Å². The third-order valence-electron chi connectivity index (χ3n) is 2.17. The summed E-state index contributed by atoms with van der Waals surface area (Å²) in [6.45, 7) is 0. The lowest BCUT2D eigenvalue weighted by Crippen LogP contribution is -2.09. The number of alkyl halides is 3. The summed E-state index contributed by atoms with van der Waals surface area (Å²) in [5, 5.41) is 6.53. The summed E-state index contributed by atoms with van der Waals surface area (Å²) in [7, 11) is 0. The van der Waals surface area contributed by atoms with E-state index in [1.165, 1.54) is 23.5 Å². The van der Waals surface area contributed by atoms with Gasteiger partial charge in [0.25, 0.3) is 0 Å². The molecular weight excluding hydrogens is 249 g/mol. The Hall–Kier alpha value is -1.69. The smallest absolute Gasteiger partial charge is 0.398 e. The number of nitrogens with one attached hydrogen (secondary N) is 1. The number of thiophene rings is 1. The molecule has 0 atom stereocenters. The van der Waals surface area contributed by atoms with Gasteiger partial charge in [0, 0.05) is 22.4 Å². The van der Waals surface area contributed by atoms with E-state index in [2.05, 4.69) is 5.32 Å². The van der Waals surface area contributed by atoms with Crippen molar-refractivity contribution in [2.75, 3.05) is 11.1 Å². The van der Waals surface area contributed by atoms with Crippen LogP contribution in [0.25, 0.3) is 0 Å². The van der Waals surface area contributed by atoms with Crippen LogP contribution in [-0.4, -0.2) is 0 Å². The maximum Gasteiger partial charge on any atom is 0.418 e. The van der Waals surface area contributed by atoms with Crippen molar-refractivity contribution in [2.24, 2.45) is 0 Å². The quantitative estimate of drug-likeness (QED) is 0.796. The first kappa shape index (κ1) is 11.8. The van der Waals surface area contributed by atoms with E-state index in [0.717, 1.165) is 11.8 Å². The van der Waals surface area contributed by atoms with E-state index in [-0.39, 0.29) is 5.69 Å². The van der Waals surface area contributed by atoms with Gasteiger partial charge in [-0.05, 0) is 29.6 Å². The molecule has 0 aliphatic rings. The third kappa shape index (κ3) is 2.71. The van der Waals surface area contributed by atoms with Gasteiger partial charge in [-0.15, -0.1) is 0 Å². The van der Waals surface area contributed by atoms with Crippen LogP contribution in [0.1, 0.15) is 5.56 Å². The van der Waals surface area contributed by atoms with Crippen LogP contribution >= 0.6 is 11.3 Å². The summed E-state index contributed by atoms with van der Waals surface area (Å²) >= 11 is 1.46. The predicted octanol–water partition coefficient (Wildman–Crippen LogP) is 4.09. The molecule has 1 aromatic heterocycles. The van der Waals surface area contributed by atoms with E-state index in [0.29, 0.717) is 5.69 Å². The zero-order chi connectivity index (χ0) is 12.5. The number of benzene rings is 1. The molecule has 0 aliphatic heterocycles.